The Hall–Kier alpha value is -2.94. The Labute approximate surface area is 190 Å². The summed E-state index contributed by atoms with van der Waals surface area (Å²) in [4.78, 5) is 12.1. The van der Waals surface area contributed by atoms with Crippen LogP contribution in [0.25, 0.3) is 0 Å². The zero-order chi connectivity index (χ0) is 23.5. The molecule has 2 aromatic carbocycles. The first-order valence-electron chi connectivity index (χ1n) is 10.1. The van der Waals surface area contributed by atoms with E-state index in [1.54, 1.807) is 11.6 Å². The maximum atomic E-state index is 13.7. The molecule has 0 saturated carbocycles. The van der Waals surface area contributed by atoms with Crippen molar-refractivity contribution in [3.8, 4) is 5.75 Å². The molecule has 0 radical (unpaired) electrons. The van der Waals surface area contributed by atoms with Gasteiger partial charge in [-0.05, 0) is 42.2 Å². The van der Waals surface area contributed by atoms with Gasteiger partial charge >= 0.3 is 0 Å². The van der Waals surface area contributed by atoms with Gasteiger partial charge in [0, 0.05) is 13.1 Å². The van der Waals surface area contributed by atoms with Crippen molar-refractivity contribution in [2.45, 2.75) is 44.4 Å². The molecular formula is C23H26F2N4O2S. The first-order chi connectivity index (χ1) is 15.0. The van der Waals surface area contributed by atoms with Crippen LogP contribution in [0.2, 0.25) is 0 Å². The van der Waals surface area contributed by atoms with Crippen LogP contribution in [0.4, 0.5) is 14.5 Å². The number of halogens is 2. The van der Waals surface area contributed by atoms with Gasteiger partial charge in [0.25, 0.3) is 0 Å². The van der Waals surface area contributed by atoms with Crippen LogP contribution in [0.5, 0.6) is 5.75 Å². The highest BCUT2D eigenvalue weighted by Gasteiger charge is 2.19. The summed E-state index contributed by atoms with van der Waals surface area (Å²) < 4.78 is 34.4. The van der Waals surface area contributed by atoms with E-state index in [0.29, 0.717) is 11.0 Å². The van der Waals surface area contributed by atoms with Crippen molar-refractivity contribution < 1.29 is 18.3 Å². The van der Waals surface area contributed by atoms with Gasteiger partial charge in [0.15, 0.2) is 17.1 Å². The summed E-state index contributed by atoms with van der Waals surface area (Å²) in [6.07, 6.45) is -0.357. The van der Waals surface area contributed by atoms with Gasteiger partial charge in [-0.25, -0.2) is 8.78 Å². The fraction of sp³-hybridized carbons (Fsp3) is 0.348. The van der Waals surface area contributed by atoms with Crippen LogP contribution in [-0.4, -0.2) is 26.4 Å². The van der Waals surface area contributed by atoms with Crippen molar-refractivity contribution in [2.24, 2.45) is 7.05 Å². The summed E-state index contributed by atoms with van der Waals surface area (Å²) in [5.74, 6) is -0.644. The van der Waals surface area contributed by atoms with E-state index in [-0.39, 0.29) is 23.0 Å². The Bertz CT molecular complexity index is 1090. The highest BCUT2D eigenvalue weighted by atomic mass is 32.2. The smallest absolute Gasteiger partial charge is 0.234 e. The quantitative estimate of drug-likeness (QED) is 0.487. The van der Waals surface area contributed by atoms with E-state index in [1.807, 2.05) is 31.2 Å². The van der Waals surface area contributed by atoms with E-state index in [2.05, 4.69) is 36.3 Å². The number of aromatic nitrogens is 3. The molecule has 6 nitrogen and oxygen atoms in total. The molecule has 0 bridgehead atoms. The molecule has 0 aliphatic heterocycles. The van der Waals surface area contributed by atoms with Crippen molar-refractivity contribution in [1.29, 1.82) is 0 Å². The lowest BCUT2D eigenvalue weighted by molar-refractivity contribution is -0.113. The van der Waals surface area contributed by atoms with E-state index in [9.17, 15) is 13.6 Å². The molecule has 3 rings (SSSR count). The van der Waals surface area contributed by atoms with Gasteiger partial charge in [0.2, 0.25) is 5.91 Å². The Morgan fingerprint density at radius 2 is 1.84 bits per heavy atom. The van der Waals surface area contributed by atoms with Crippen molar-refractivity contribution in [2.75, 3.05) is 11.1 Å². The Morgan fingerprint density at radius 1 is 1.16 bits per heavy atom. The molecule has 0 fully saturated rings. The number of nitrogens with one attached hydrogen (secondary N) is 1. The summed E-state index contributed by atoms with van der Waals surface area (Å²) in [7, 11) is 1.79. The molecule has 3 aromatic rings. The Balaban J connectivity index is 1.59. The standard InChI is InChI=1S/C23H26F2N4O2S/c1-14(31-17-9-6-15(7-10-17)23(2,3)4)21-27-28-22(29(21)5)32-13-20(30)26-19-11-8-16(24)12-18(19)25/h6-12,14H,13H2,1-5H3,(H,26,30). The number of rotatable bonds is 7. The van der Waals surface area contributed by atoms with Gasteiger partial charge in [-0.3, -0.25) is 4.79 Å². The molecule has 0 aliphatic rings. The lowest BCUT2D eigenvalue weighted by atomic mass is 9.87. The van der Waals surface area contributed by atoms with Gasteiger partial charge in [0.1, 0.15) is 17.4 Å². The fourth-order valence-corrected chi connectivity index (χ4v) is 3.72. The molecule has 9 heteroatoms. The topological polar surface area (TPSA) is 69.0 Å². The summed E-state index contributed by atoms with van der Waals surface area (Å²) in [6.45, 7) is 8.34. The zero-order valence-corrected chi connectivity index (χ0v) is 19.5. The fourth-order valence-electron chi connectivity index (χ4n) is 3.00. The van der Waals surface area contributed by atoms with Gasteiger partial charge in [-0.15, -0.1) is 10.2 Å². The first-order valence-corrected chi connectivity index (χ1v) is 11.1. The normalized spacial score (nSPS) is 12.5. The highest BCUT2D eigenvalue weighted by molar-refractivity contribution is 7.99. The van der Waals surface area contributed by atoms with Gasteiger partial charge in [-0.2, -0.15) is 0 Å². The third kappa shape index (κ3) is 5.85. The number of thioether (sulfide) groups is 1. The van der Waals surface area contributed by atoms with Crippen molar-refractivity contribution in [3.63, 3.8) is 0 Å². The third-order valence-electron chi connectivity index (χ3n) is 4.80. The van der Waals surface area contributed by atoms with Crippen molar-refractivity contribution >= 4 is 23.4 Å². The number of carbonyl (C=O) groups is 1. The lowest BCUT2D eigenvalue weighted by Gasteiger charge is -2.20. The molecular weight excluding hydrogens is 434 g/mol. The van der Waals surface area contributed by atoms with Crippen LogP contribution in [0.1, 0.15) is 45.2 Å². The molecule has 1 aromatic heterocycles. The second-order valence-electron chi connectivity index (χ2n) is 8.40. The highest BCUT2D eigenvalue weighted by Crippen LogP contribution is 2.27. The van der Waals surface area contributed by atoms with Crippen LogP contribution in [-0.2, 0) is 17.3 Å². The molecule has 1 amide bonds. The average Bonchev–Trinajstić information content (AvgIpc) is 3.09. The molecule has 1 atom stereocenters. The van der Waals surface area contributed by atoms with Crippen molar-refractivity contribution in [1.82, 2.24) is 14.8 Å². The van der Waals surface area contributed by atoms with Crippen LogP contribution >= 0.6 is 11.8 Å². The number of hydrogen-bond donors (Lipinski definition) is 1. The van der Waals surface area contributed by atoms with Gasteiger partial charge in [-0.1, -0.05) is 44.7 Å². The maximum Gasteiger partial charge on any atom is 0.234 e. The van der Waals surface area contributed by atoms with E-state index >= 15 is 0 Å². The molecule has 1 N–H and O–H groups in total. The minimum atomic E-state index is -0.828. The first kappa shape index (κ1) is 23.7. The number of nitrogens with zero attached hydrogens (tertiary/aromatic N) is 3. The van der Waals surface area contributed by atoms with Crippen LogP contribution in [0.15, 0.2) is 47.6 Å². The second-order valence-corrected chi connectivity index (χ2v) is 9.34. The number of anilines is 1. The van der Waals surface area contributed by atoms with E-state index in [1.165, 1.54) is 11.6 Å². The minimum absolute atomic E-state index is 0.00765. The summed E-state index contributed by atoms with van der Waals surface area (Å²) in [6, 6.07) is 10.9. The van der Waals surface area contributed by atoms with Gasteiger partial charge < -0.3 is 14.6 Å². The predicted molar refractivity (Wildman–Crippen MR) is 121 cm³/mol. The largest absolute Gasteiger partial charge is 0.483 e. The monoisotopic (exact) mass is 460 g/mol. The Kier molecular flexibility index (Phi) is 7.18. The van der Waals surface area contributed by atoms with Crippen molar-refractivity contribution in [3.05, 3.63) is 65.5 Å². The molecule has 170 valence electrons. The molecule has 0 spiro atoms. The van der Waals surface area contributed by atoms with Gasteiger partial charge in [0.05, 0.1) is 11.4 Å². The molecule has 0 aliphatic carbocycles. The number of amides is 1. The maximum absolute atomic E-state index is 13.7. The number of hydrogen-bond acceptors (Lipinski definition) is 5. The molecule has 1 unspecified atom stereocenters. The summed E-state index contributed by atoms with van der Waals surface area (Å²) >= 11 is 1.16. The summed E-state index contributed by atoms with van der Waals surface area (Å²) in [5, 5.41) is 11.3. The van der Waals surface area contributed by atoms with E-state index in [4.69, 9.17) is 4.74 Å². The Morgan fingerprint density at radius 3 is 2.47 bits per heavy atom. The van der Waals surface area contributed by atoms with E-state index in [0.717, 1.165) is 29.6 Å². The molecule has 1 heterocycles. The van der Waals surface area contributed by atoms with Crippen LogP contribution < -0.4 is 10.1 Å². The number of carbonyl (C=O) groups excluding carboxylic acids is 1. The molecule has 32 heavy (non-hydrogen) atoms. The number of ether oxygens (including phenoxy) is 1. The van der Waals surface area contributed by atoms with E-state index < -0.39 is 17.5 Å². The second kappa shape index (κ2) is 9.68. The lowest BCUT2D eigenvalue weighted by Crippen LogP contribution is -2.16. The van der Waals surface area contributed by atoms with Crippen LogP contribution in [0.3, 0.4) is 0 Å². The zero-order valence-electron chi connectivity index (χ0n) is 18.6. The minimum Gasteiger partial charge on any atom is -0.483 e. The van der Waals surface area contributed by atoms with Crippen LogP contribution in [0, 0.1) is 11.6 Å². The average molecular weight is 461 g/mol. The number of benzene rings is 2. The molecule has 0 saturated heterocycles. The SMILES string of the molecule is CC(Oc1ccc(C(C)(C)C)cc1)c1nnc(SCC(=O)Nc2ccc(F)cc2F)n1C. The summed E-state index contributed by atoms with van der Waals surface area (Å²) in [5.41, 5.74) is 1.21. The predicted octanol–water partition coefficient (Wildman–Crippen LogP) is 5.26. The third-order valence-corrected chi connectivity index (χ3v) is 5.82.